The molecule has 1 unspecified atom stereocenters. The van der Waals surface area contributed by atoms with Crippen LogP contribution in [0.2, 0.25) is 0 Å². The van der Waals surface area contributed by atoms with Gasteiger partial charge in [0, 0.05) is 0 Å². The molecule has 0 aromatic heterocycles. The number of carbonyl (C=O) groups is 1. The molecular formula is C15H26N2O6. The number of alkyl carbamates (subject to hydrolysis) is 1. The molecule has 3 aliphatic rings. The van der Waals surface area contributed by atoms with Gasteiger partial charge in [0.05, 0.1) is 19.2 Å². The smallest absolute Gasteiger partial charge is 0.407 e. The maximum absolute atomic E-state index is 11.9. The van der Waals surface area contributed by atoms with Gasteiger partial charge in [-0.15, -0.1) is 0 Å². The van der Waals surface area contributed by atoms with E-state index >= 15 is 0 Å². The summed E-state index contributed by atoms with van der Waals surface area (Å²) in [4.78, 5) is 11.9. The van der Waals surface area contributed by atoms with Crippen molar-refractivity contribution in [1.82, 2.24) is 5.32 Å². The third kappa shape index (κ3) is 3.18. The van der Waals surface area contributed by atoms with Crippen LogP contribution < -0.4 is 11.1 Å². The van der Waals surface area contributed by atoms with Gasteiger partial charge in [0.15, 0.2) is 12.1 Å². The van der Waals surface area contributed by atoms with Crippen LogP contribution in [0.5, 0.6) is 0 Å². The second-order valence-corrected chi connectivity index (χ2v) is 7.82. The molecule has 23 heavy (non-hydrogen) atoms. The molecule has 8 heteroatoms. The zero-order chi connectivity index (χ0) is 17.0. The first-order valence-electron chi connectivity index (χ1n) is 7.89. The highest BCUT2D eigenvalue weighted by molar-refractivity contribution is 5.67. The topological polar surface area (TPSA) is 101 Å². The lowest BCUT2D eigenvalue weighted by atomic mass is 9.88. The van der Waals surface area contributed by atoms with Gasteiger partial charge in [-0.1, -0.05) is 0 Å². The molecule has 3 rings (SSSR count). The Kier molecular flexibility index (Phi) is 3.89. The van der Waals surface area contributed by atoms with Crippen molar-refractivity contribution in [3.05, 3.63) is 0 Å². The van der Waals surface area contributed by atoms with E-state index in [1.807, 2.05) is 34.6 Å². The van der Waals surface area contributed by atoms with Crippen molar-refractivity contribution in [2.24, 2.45) is 5.73 Å². The van der Waals surface area contributed by atoms with E-state index in [2.05, 4.69) is 5.32 Å². The number of fused-ring (bicyclic) bond motifs is 4. The molecule has 0 spiro atoms. The third-order valence-electron chi connectivity index (χ3n) is 4.11. The zero-order valence-corrected chi connectivity index (χ0v) is 14.3. The van der Waals surface area contributed by atoms with E-state index < -0.39 is 41.5 Å². The Bertz CT molecular complexity index is 491. The maximum atomic E-state index is 11.9. The van der Waals surface area contributed by atoms with Crippen molar-refractivity contribution in [2.45, 2.75) is 76.1 Å². The van der Waals surface area contributed by atoms with Gasteiger partial charge >= 0.3 is 6.09 Å². The average Bonchev–Trinajstić information content (AvgIpc) is 2.93. The summed E-state index contributed by atoms with van der Waals surface area (Å²) in [6, 6.07) is -0.432. The number of rotatable bonds is 2. The Morgan fingerprint density at radius 2 is 2.00 bits per heavy atom. The molecule has 3 fully saturated rings. The SMILES string of the molecule is CC(C)(C)OC(=O)NC[C@@]12COC(O1)[C@@H](N)[C@H]1OC(C)(C)O[C@H]12. The number of ether oxygens (including phenoxy) is 5. The summed E-state index contributed by atoms with van der Waals surface area (Å²) in [5, 5.41) is 2.74. The van der Waals surface area contributed by atoms with Crippen LogP contribution in [0.25, 0.3) is 0 Å². The monoisotopic (exact) mass is 330 g/mol. The van der Waals surface area contributed by atoms with E-state index in [4.69, 9.17) is 29.4 Å². The van der Waals surface area contributed by atoms with E-state index in [0.717, 1.165) is 0 Å². The fourth-order valence-electron chi connectivity index (χ4n) is 3.22. The summed E-state index contributed by atoms with van der Waals surface area (Å²) in [5.41, 5.74) is 4.76. The van der Waals surface area contributed by atoms with Gasteiger partial charge in [0.25, 0.3) is 0 Å². The van der Waals surface area contributed by atoms with Gasteiger partial charge < -0.3 is 34.7 Å². The first-order chi connectivity index (χ1) is 10.5. The number of nitrogens with one attached hydrogen (secondary N) is 1. The van der Waals surface area contributed by atoms with Gasteiger partial charge in [-0.05, 0) is 34.6 Å². The predicted octanol–water partition coefficient (Wildman–Crippen LogP) is 0.484. The minimum Gasteiger partial charge on any atom is -0.444 e. The Balaban J connectivity index is 1.71. The van der Waals surface area contributed by atoms with Crippen molar-refractivity contribution < 1.29 is 28.5 Å². The van der Waals surface area contributed by atoms with E-state index in [-0.39, 0.29) is 19.3 Å². The van der Waals surface area contributed by atoms with Crippen LogP contribution in [-0.2, 0) is 23.7 Å². The normalized spacial score (nSPS) is 41.5. The summed E-state index contributed by atoms with van der Waals surface area (Å²) >= 11 is 0. The highest BCUT2D eigenvalue weighted by Crippen LogP contribution is 2.45. The molecule has 3 N–H and O–H groups in total. The van der Waals surface area contributed by atoms with Crippen LogP contribution in [-0.4, -0.2) is 60.8 Å². The fraction of sp³-hybridized carbons (Fsp3) is 0.933. The summed E-state index contributed by atoms with van der Waals surface area (Å²) in [7, 11) is 0. The zero-order valence-electron chi connectivity index (χ0n) is 14.3. The van der Waals surface area contributed by atoms with Crippen molar-refractivity contribution in [3.63, 3.8) is 0 Å². The Morgan fingerprint density at radius 1 is 1.30 bits per heavy atom. The third-order valence-corrected chi connectivity index (χ3v) is 4.11. The molecule has 0 radical (unpaired) electrons. The number of hydrogen-bond acceptors (Lipinski definition) is 7. The first kappa shape index (κ1) is 16.9. The largest absolute Gasteiger partial charge is 0.444 e. The van der Waals surface area contributed by atoms with E-state index in [9.17, 15) is 4.79 Å². The molecule has 3 saturated heterocycles. The van der Waals surface area contributed by atoms with Crippen LogP contribution in [0.3, 0.4) is 0 Å². The number of amides is 1. The van der Waals surface area contributed by atoms with Crippen LogP contribution in [0.4, 0.5) is 4.79 Å². The van der Waals surface area contributed by atoms with Crippen molar-refractivity contribution in [3.8, 4) is 0 Å². The Labute approximate surface area is 135 Å². The minimum absolute atomic E-state index is 0.200. The fourth-order valence-corrected chi connectivity index (χ4v) is 3.22. The van der Waals surface area contributed by atoms with Gasteiger partial charge in [0.2, 0.25) is 0 Å². The van der Waals surface area contributed by atoms with Crippen molar-refractivity contribution in [1.29, 1.82) is 0 Å². The Morgan fingerprint density at radius 3 is 2.65 bits per heavy atom. The average molecular weight is 330 g/mol. The number of nitrogens with two attached hydrogens (primary N) is 1. The highest BCUT2D eigenvalue weighted by Gasteiger charge is 2.65. The summed E-state index contributed by atoms with van der Waals surface area (Å²) < 4.78 is 28.8. The van der Waals surface area contributed by atoms with Crippen LogP contribution >= 0.6 is 0 Å². The van der Waals surface area contributed by atoms with Gasteiger partial charge in [-0.25, -0.2) is 4.79 Å². The quantitative estimate of drug-likeness (QED) is 0.759. The lowest BCUT2D eigenvalue weighted by molar-refractivity contribution is -0.190. The van der Waals surface area contributed by atoms with Crippen LogP contribution in [0, 0.1) is 0 Å². The maximum Gasteiger partial charge on any atom is 0.407 e. The first-order valence-corrected chi connectivity index (χ1v) is 7.89. The lowest BCUT2D eigenvalue weighted by Crippen LogP contribution is -2.65. The molecule has 0 aromatic rings. The Hall–Kier alpha value is -0.930. The predicted molar refractivity (Wildman–Crippen MR) is 79.6 cm³/mol. The number of carbonyl (C=O) groups excluding carboxylic acids is 1. The van der Waals surface area contributed by atoms with E-state index in [0.29, 0.717) is 0 Å². The second kappa shape index (κ2) is 5.29. The van der Waals surface area contributed by atoms with Gasteiger partial charge in [-0.3, -0.25) is 0 Å². The molecule has 132 valence electrons. The molecule has 0 aliphatic carbocycles. The van der Waals surface area contributed by atoms with E-state index in [1.54, 1.807) is 0 Å². The van der Waals surface area contributed by atoms with Crippen molar-refractivity contribution >= 4 is 6.09 Å². The number of hydrogen-bond donors (Lipinski definition) is 2. The van der Waals surface area contributed by atoms with Crippen molar-refractivity contribution in [2.75, 3.05) is 13.2 Å². The highest BCUT2D eigenvalue weighted by atomic mass is 16.8. The lowest BCUT2D eigenvalue weighted by Gasteiger charge is -2.41. The summed E-state index contributed by atoms with van der Waals surface area (Å²) in [6.45, 7) is 9.57. The summed E-state index contributed by atoms with van der Waals surface area (Å²) in [5.74, 6) is -0.750. The van der Waals surface area contributed by atoms with Gasteiger partial charge in [-0.2, -0.15) is 0 Å². The van der Waals surface area contributed by atoms with E-state index in [1.165, 1.54) is 0 Å². The molecule has 3 aliphatic heterocycles. The standard InChI is InChI=1S/C15H26N2O6/c1-13(2,3)23-12(18)17-6-15-7-19-11(22-15)8(16)9-10(15)21-14(4,5)20-9/h8-11H,6-7,16H2,1-5H3,(H,17,18)/t8-,9+,10+,11?,15-/m0/s1. The molecular weight excluding hydrogens is 304 g/mol. The minimum atomic E-state index is -0.824. The summed E-state index contributed by atoms with van der Waals surface area (Å²) in [6.07, 6.45) is -1.83. The van der Waals surface area contributed by atoms with Gasteiger partial charge in [0.1, 0.15) is 23.4 Å². The molecule has 2 bridgehead atoms. The molecule has 0 aromatic carbocycles. The molecule has 5 atom stereocenters. The molecule has 3 heterocycles. The molecule has 1 amide bonds. The molecule has 8 nitrogen and oxygen atoms in total. The molecule has 0 saturated carbocycles. The second-order valence-electron chi connectivity index (χ2n) is 7.82. The van der Waals surface area contributed by atoms with Crippen LogP contribution in [0.15, 0.2) is 0 Å². The van der Waals surface area contributed by atoms with Crippen LogP contribution in [0.1, 0.15) is 34.6 Å².